The number of aromatic nitrogens is 1. The Bertz CT molecular complexity index is 654. The van der Waals surface area contributed by atoms with Crippen LogP contribution in [-0.2, 0) is 7.05 Å². The van der Waals surface area contributed by atoms with Gasteiger partial charge in [-0.05, 0) is 36.6 Å². The van der Waals surface area contributed by atoms with Gasteiger partial charge in [-0.1, -0.05) is 13.8 Å². The minimum Gasteiger partial charge on any atom is -0.496 e. The van der Waals surface area contributed by atoms with E-state index in [0.29, 0.717) is 5.92 Å². The van der Waals surface area contributed by atoms with Crippen molar-refractivity contribution in [1.82, 2.24) is 4.57 Å². The smallest absolute Gasteiger partial charge is 0.253 e. The summed E-state index contributed by atoms with van der Waals surface area (Å²) in [6.45, 7) is 6.09. The summed E-state index contributed by atoms with van der Waals surface area (Å²) >= 11 is 0. The van der Waals surface area contributed by atoms with Crippen molar-refractivity contribution in [2.45, 2.75) is 26.7 Å². The molecule has 0 aliphatic rings. The lowest BCUT2D eigenvalue weighted by Gasteiger charge is -2.14. The van der Waals surface area contributed by atoms with Crippen LogP contribution in [-0.4, -0.2) is 11.7 Å². The topological polar surface area (TPSA) is 31.2 Å². The van der Waals surface area contributed by atoms with Gasteiger partial charge in [0.15, 0.2) is 0 Å². The van der Waals surface area contributed by atoms with Gasteiger partial charge in [0.05, 0.1) is 12.6 Å². The SMILES string of the molecule is COc1cc(C(C)C)cc2c1cc(C)c(=O)n2C. The van der Waals surface area contributed by atoms with Crippen LogP contribution < -0.4 is 10.3 Å². The maximum Gasteiger partial charge on any atom is 0.253 e. The number of rotatable bonds is 2. The van der Waals surface area contributed by atoms with E-state index in [1.54, 1.807) is 18.7 Å². The van der Waals surface area contributed by atoms with Gasteiger partial charge in [0.2, 0.25) is 0 Å². The zero-order valence-electron chi connectivity index (χ0n) is 11.6. The standard InChI is InChI=1S/C15H19NO2/c1-9(2)11-7-13-12(14(8-11)18-5)6-10(3)15(17)16(13)4/h6-9H,1-5H3. The summed E-state index contributed by atoms with van der Waals surface area (Å²) in [6.07, 6.45) is 0. The highest BCUT2D eigenvalue weighted by Gasteiger charge is 2.11. The third-order valence-electron chi connectivity index (χ3n) is 3.39. The normalized spacial score (nSPS) is 11.2. The predicted octanol–water partition coefficient (Wildman–Crippen LogP) is 2.98. The summed E-state index contributed by atoms with van der Waals surface area (Å²) in [5.41, 5.74) is 2.89. The first-order chi connectivity index (χ1) is 8.45. The van der Waals surface area contributed by atoms with E-state index in [9.17, 15) is 4.79 Å². The predicted molar refractivity (Wildman–Crippen MR) is 74.6 cm³/mol. The van der Waals surface area contributed by atoms with Crippen LogP contribution in [0.3, 0.4) is 0 Å². The fourth-order valence-corrected chi connectivity index (χ4v) is 2.21. The Hall–Kier alpha value is -1.77. The van der Waals surface area contributed by atoms with E-state index < -0.39 is 0 Å². The Morgan fingerprint density at radius 2 is 1.89 bits per heavy atom. The Balaban J connectivity index is 2.93. The molecule has 3 nitrogen and oxygen atoms in total. The second-order valence-electron chi connectivity index (χ2n) is 5.00. The van der Waals surface area contributed by atoms with E-state index >= 15 is 0 Å². The number of methoxy groups -OCH3 is 1. The maximum atomic E-state index is 12.0. The first-order valence-electron chi connectivity index (χ1n) is 6.14. The second kappa shape index (κ2) is 4.48. The van der Waals surface area contributed by atoms with Gasteiger partial charge in [0.25, 0.3) is 5.56 Å². The molecule has 1 heterocycles. The molecule has 0 N–H and O–H groups in total. The number of aryl methyl sites for hydroxylation is 2. The van der Waals surface area contributed by atoms with Crippen LogP contribution in [0, 0.1) is 6.92 Å². The Kier molecular flexibility index (Phi) is 3.16. The molecule has 0 saturated carbocycles. The van der Waals surface area contributed by atoms with Crippen molar-refractivity contribution in [2.24, 2.45) is 7.05 Å². The van der Waals surface area contributed by atoms with E-state index in [1.807, 2.05) is 13.0 Å². The van der Waals surface area contributed by atoms with Crippen molar-refractivity contribution >= 4 is 10.9 Å². The summed E-state index contributed by atoms with van der Waals surface area (Å²) in [6, 6.07) is 6.03. The fraction of sp³-hybridized carbons (Fsp3) is 0.400. The highest BCUT2D eigenvalue weighted by molar-refractivity contribution is 5.87. The summed E-state index contributed by atoms with van der Waals surface area (Å²) in [7, 11) is 3.47. The van der Waals surface area contributed by atoms with Gasteiger partial charge >= 0.3 is 0 Å². The van der Waals surface area contributed by atoms with Crippen molar-refractivity contribution in [3.8, 4) is 5.75 Å². The molecule has 2 aromatic rings. The van der Waals surface area contributed by atoms with Crippen molar-refractivity contribution < 1.29 is 4.74 Å². The Morgan fingerprint density at radius 3 is 2.44 bits per heavy atom. The molecule has 0 radical (unpaired) electrons. The van der Waals surface area contributed by atoms with E-state index in [-0.39, 0.29) is 5.56 Å². The number of benzene rings is 1. The number of hydrogen-bond acceptors (Lipinski definition) is 2. The monoisotopic (exact) mass is 245 g/mol. The summed E-state index contributed by atoms with van der Waals surface area (Å²) < 4.78 is 7.15. The molecule has 0 amide bonds. The van der Waals surface area contributed by atoms with Gasteiger partial charge in [-0.25, -0.2) is 0 Å². The summed E-state index contributed by atoms with van der Waals surface area (Å²) in [5, 5.41) is 0.988. The van der Waals surface area contributed by atoms with E-state index in [2.05, 4.69) is 26.0 Å². The zero-order chi connectivity index (χ0) is 13.4. The second-order valence-corrected chi connectivity index (χ2v) is 5.00. The van der Waals surface area contributed by atoms with Gasteiger partial charge in [-0.3, -0.25) is 4.79 Å². The molecule has 18 heavy (non-hydrogen) atoms. The average Bonchev–Trinajstić information content (AvgIpc) is 2.35. The van der Waals surface area contributed by atoms with Crippen LogP contribution in [0.2, 0.25) is 0 Å². The summed E-state index contributed by atoms with van der Waals surface area (Å²) in [4.78, 5) is 12.0. The van der Waals surface area contributed by atoms with Crippen LogP contribution >= 0.6 is 0 Å². The average molecular weight is 245 g/mol. The van der Waals surface area contributed by atoms with Crippen LogP contribution in [0.4, 0.5) is 0 Å². The number of fused-ring (bicyclic) bond motifs is 1. The molecule has 0 spiro atoms. The van der Waals surface area contributed by atoms with Gasteiger partial charge in [0, 0.05) is 18.0 Å². The maximum absolute atomic E-state index is 12.0. The van der Waals surface area contributed by atoms with E-state index in [0.717, 1.165) is 22.2 Å². The molecule has 0 aliphatic heterocycles. The molecule has 0 aliphatic carbocycles. The molecule has 3 heteroatoms. The Morgan fingerprint density at radius 1 is 1.22 bits per heavy atom. The molecule has 0 fully saturated rings. The van der Waals surface area contributed by atoms with Crippen LogP contribution in [0.25, 0.3) is 10.9 Å². The molecule has 0 bridgehead atoms. The first-order valence-corrected chi connectivity index (χ1v) is 6.14. The first kappa shape index (κ1) is 12.7. The van der Waals surface area contributed by atoms with E-state index in [1.165, 1.54) is 5.56 Å². The molecule has 96 valence electrons. The number of ether oxygens (including phenoxy) is 1. The quantitative estimate of drug-likeness (QED) is 0.814. The molecule has 0 unspecified atom stereocenters. The highest BCUT2D eigenvalue weighted by atomic mass is 16.5. The molecular formula is C15H19NO2. The van der Waals surface area contributed by atoms with Crippen LogP contribution in [0.15, 0.2) is 23.0 Å². The lowest BCUT2D eigenvalue weighted by atomic mass is 10.00. The van der Waals surface area contributed by atoms with Gasteiger partial charge in [0.1, 0.15) is 5.75 Å². The van der Waals surface area contributed by atoms with E-state index in [4.69, 9.17) is 4.74 Å². The highest BCUT2D eigenvalue weighted by Crippen LogP contribution is 2.30. The van der Waals surface area contributed by atoms with Crippen molar-refractivity contribution in [1.29, 1.82) is 0 Å². The van der Waals surface area contributed by atoms with Crippen molar-refractivity contribution in [3.05, 3.63) is 39.7 Å². The minimum absolute atomic E-state index is 0.0467. The Labute approximate surface area is 107 Å². The molecule has 0 atom stereocenters. The lowest BCUT2D eigenvalue weighted by molar-refractivity contribution is 0.419. The fourth-order valence-electron chi connectivity index (χ4n) is 2.21. The van der Waals surface area contributed by atoms with Gasteiger partial charge in [-0.15, -0.1) is 0 Å². The lowest BCUT2D eigenvalue weighted by Crippen LogP contribution is -2.19. The van der Waals surface area contributed by atoms with Crippen LogP contribution in [0.5, 0.6) is 5.75 Å². The molecule has 1 aromatic heterocycles. The zero-order valence-corrected chi connectivity index (χ0v) is 11.6. The minimum atomic E-state index is 0.0467. The molecule has 0 saturated heterocycles. The largest absolute Gasteiger partial charge is 0.496 e. The third kappa shape index (κ3) is 1.90. The third-order valence-corrected chi connectivity index (χ3v) is 3.39. The summed E-state index contributed by atoms with van der Waals surface area (Å²) in [5.74, 6) is 1.23. The van der Waals surface area contributed by atoms with Gasteiger partial charge < -0.3 is 9.30 Å². The molecule has 2 rings (SSSR count). The number of nitrogens with zero attached hydrogens (tertiary/aromatic N) is 1. The van der Waals surface area contributed by atoms with Crippen LogP contribution in [0.1, 0.15) is 30.9 Å². The molecular weight excluding hydrogens is 226 g/mol. The van der Waals surface area contributed by atoms with Gasteiger partial charge in [-0.2, -0.15) is 0 Å². The van der Waals surface area contributed by atoms with Crippen molar-refractivity contribution in [3.63, 3.8) is 0 Å². The number of pyridine rings is 1. The number of hydrogen-bond donors (Lipinski definition) is 0. The molecule has 1 aromatic carbocycles. The van der Waals surface area contributed by atoms with Crippen molar-refractivity contribution in [2.75, 3.05) is 7.11 Å².